The first-order chi connectivity index (χ1) is 9.65. The van der Waals surface area contributed by atoms with Crippen molar-refractivity contribution >= 4 is 11.0 Å². The van der Waals surface area contributed by atoms with Crippen LogP contribution in [0.3, 0.4) is 0 Å². The zero-order valence-electron chi connectivity index (χ0n) is 11.8. The zero-order chi connectivity index (χ0) is 14.1. The van der Waals surface area contributed by atoms with Crippen LogP contribution in [-0.4, -0.2) is 29.9 Å². The third-order valence-electron chi connectivity index (χ3n) is 3.38. The van der Waals surface area contributed by atoms with E-state index in [1.165, 1.54) is 6.33 Å². The molecular weight excluding hydrogens is 254 g/mol. The number of hydrogen-bond donors (Lipinski definition) is 2. The molecule has 2 N–H and O–H groups in total. The van der Waals surface area contributed by atoms with E-state index in [9.17, 15) is 0 Å². The van der Waals surface area contributed by atoms with Gasteiger partial charge in [-0.15, -0.1) is 0 Å². The molecule has 0 radical (unpaired) electrons. The number of pyridine rings is 1. The Morgan fingerprint density at radius 2 is 2.25 bits per heavy atom. The number of H-pyrrole nitrogens is 1. The molecule has 3 aromatic heterocycles. The highest BCUT2D eigenvalue weighted by molar-refractivity contribution is 5.78. The molecule has 1 atom stereocenters. The van der Waals surface area contributed by atoms with Crippen molar-refractivity contribution in [1.82, 2.24) is 35.3 Å². The Morgan fingerprint density at radius 3 is 3.00 bits per heavy atom. The van der Waals surface area contributed by atoms with Gasteiger partial charge in [-0.3, -0.25) is 9.78 Å². The number of nitrogens with zero attached hydrogens (tertiary/aromatic N) is 5. The maximum atomic E-state index is 4.47. The molecule has 104 valence electrons. The van der Waals surface area contributed by atoms with E-state index in [0.29, 0.717) is 0 Å². The molecule has 1 unspecified atom stereocenters. The van der Waals surface area contributed by atoms with Gasteiger partial charge < -0.3 is 5.32 Å². The topological polar surface area (TPSA) is 84.3 Å². The third-order valence-corrected chi connectivity index (χ3v) is 3.38. The first-order valence-electron chi connectivity index (χ1n) is 6.52. The molecule has 0 saturated heterocycles. The molecule has 0 bridgehead atoms. The largest absolute Gasteiger partial charge is 0.303 e. The predicted octanol–water partition coefficient (Wildman–Crippen LogP) is 1.25. The lowest BCUT2D eigenvalue weighted by Crippen LogP contribution is -2.19. The molecule has 20 heavy (non-hydrogen) atoms. The van der Waals surface area contributed by atoms with Crippen molar-refractivity contribution in [3.8, 4) is 0 Å². The summed E-state index contributed by atoms with van der Waals surface area (Å²) in [6, 6.07) is 2.24. The molecule has 0 saturated carbocycles. The van der Waals surface area contributed by atoms with Crippen LogP contribution in [0, 0.1) is 6.92 Å². The highest BCUT2D eigenvalue weighted by Gasteiger charge is 2.10. The maximum absolute atomic E-state index is 4.47. The average molecular weight is 271 g/mol. The Morgan fingerprint density at radius 1 is 1.40 bits per heavy atom. The second kappa shape index (κ2) is 5.01. The van der Waals surface area contributed by atoms with Crippen molar-refractivity contribution in [2.75, 3.05) is 0 Å². The smallest absolute Gasteiger partial charge is 0.157 e. The standard InChI is InChI=1S/C13H17N7/c1-8-11-4-10(6-15-13(11)20(3)19-8)5-14-9(2)12-16-7-17-18-12/h4,6-7,9,14H,5H2,1-3H3,(H,16,17,18). The number of aryl methyl sites for hydroxylation is 2. The molecule has 0 fully saturated rings. The van der Waals surface area contributed by atoms with Gasteiger partial charge in [-0.25, -0.2) is 9.97 Å². The summed E-state index contributed by atoms with van der Waals surface area (Å²) in [5.41, 5.74) is 3.04. The van der Waals surface area contributed by atoms with Crippen molar-refractivity contribution in [2.24, 2.45) is 7.05 Å². The lowest BCUT2D eigenvalue weighted by molar-refractivity contribution is 0.547. The van der Waals surface area contributed by atoms with E-state index >= 15 is 0 Å². The summed E-state index contributed by atoms with van der Waals surface area (Å²) in [6.45, 7) is 4.76. The Hall–Kier alpha value is -2.28. The Bertz CT molecular complexity index is 714. The van der Waals surface area contributed by atoms with Crippen molar-refractivity contribution in [2.45, 2.75) is 26.4 Å². The van der Waals surface area contributed by atoms with Crippen LogP contribution in [0.4, 0.5) is 0 Å². The van der Waals surface area contributed by atoms with E-state index in [0.717, 1.165) is 34.7 Å². The normalized spacial score (nSPS) is 12.9. The number of fused-ring (bicyclic) bond motifs is 1. The number of nitrogens with one attached hydrogen (secondary N) is 2. The fourth-order valence-corrected chi connectivity index (χ4v) is 2.24. The van der Waals surface area contributed by atoms with Gasteiger partial charge in [0.25, 0.3) is 0 Å². The van der Waals surface area contributed by atoms with Gasteiger partial charge in [-0.2, -0.15) is 10.2 Å². The lowest BCUT2D eigenvalue weighted by Gasteiger charge is -2.10. The molecule has 0 spiro atoms. The van der Waals surface area contributed by atoms with E-state index in [1.54, 1.807) is 4.68 Å². The van der Waals surface area contributed by atoms with Crippen molar-refractivity contribution in [3.05, 3.63) is 35.7 Å². The van der Waals surface area contributed by atoms with E-state index in [2.05, 4.69) is 36.6 Å². The fourth-order valence-electron chi connectivity index (χ4n) is 2.24. The number of aromatic amines is 1. The number of rotatable bonds is 4. The summed E-state index contributed by atoms with van der Waals surface area (Å²) in [5.74, 6) is 0.830. The lowest BCUT2D eigenvalue weighted by atomic mass is 10.2. The summed E-state index contributed by atoms with van der Waals surface area (Å²) in [6.07, 6.45) is 3.39. The van der Waals surface area contributed by atoms with Crippen LogP contribution in [0.25, 0.3) is 11.0 Å². The molecule has 7 heteroatoms. The van der Waals surface area contributed by atoms with Gasteiger partial charge >= 0.3 is 0 Å². The molecule has 0 aliphatic heterocycles. The van der Waals surface area contributed by atoms with E-state index < -0.39 is 0 Å². The SMILES string of the molecule is Cc1nn(C)c2ncc(CNC(C)c3ncn[nH]3)cc12. The summed E-state index contributed by atoms with van der Waals surface area (Å²) >= 11 is 0. The first kappa shape index (κ1) is 12.7. The second-order valence-electron chi connectivity index (χ2n) is 4.90. The van der Waals surface area contributed by atoms with Gasteiger partial charge in [0.2, 0.25) is 0 Å². The van der Waals surface area contributed by atoms with E-state index in [1.807, 2.05) is 27.1 Å². The highest BCUT2D eigenvalue weighted by atomic mass is 15.3. The monoisotopic (exact) mass is 271 g/mol. The van der Waals surface area contributed by atoms with Crippen LogP contribution in [-0.2, 0) is 13.6 Å². The summed E-state index contributed by atoms with van der Waals surface area (Å²) in [4.78, 5) is 8.60. The van der Waals surface area contributed by atoms with Gasteiger partial charge in [0.05, 0.1) is 11.7 Å². The van der Waals surface area contributed by atoms with Gasteiger partial charge in [0.15, 0.2) is 5.65 Å². The maximum Gasteiger partial charge on any atom is 0.157 e. The number of aromatic nitrogens is 6. The molecule has 3 heterocycles. The molecule has 0 aliphatic rings. The highest BCUT2D eigenvalue weighted by Crippen LogP contribution is 2.17. The summed E-state index contributed by atoms with van der Waals surface area (Å²) < 4.78 is 1.80. The minimum absolute atomic E-state index is 0.114. The van der Waals surface area contributed by atoms with Crippen molar-refractivity contribution < 1.29 is 0 Å². The Kier molecular flexibility index (Phi) is 3.19. The predicted molar refractivity (Wildman–Crippen MR) is 74.9 cm³/mol. The average Bonchev–Trinajstić information content (AvgIpc) is 3.06. The minimum atomic E-state index is 0.114. The molecule has 0 aromatic carbocycles. The second-order valence-corrected chi connectivity index (χ2v) is 4.90. The summed E-state index contributed by atoms with van der Waals surface area (Å²) in [5, 5.41) is 15.6. The third kappa shape index (κ3) is 2.27. The van der Waals surface area contributed by atoms with Crippen LogP contribution in [0.1, 0.15) is 30.0 Å². The van der Waals surface area contributed by atoms with Crippen molar-refractivity contribution in [1.29, 1.82) is 0 Å². The van der Waals surface area contributed by atoms with Crippen LogP contribution in [0.2, 0.25) is 0 Å². The van der Waals surface area contributed by atoms with Crippen LogP contribution in [0.15, 0.2) is 18.6 Å². The fraction of sp³-hybridized carbons (Fsp3) is 0.385. The van der Waals surface area contributed by atoms with Crippen molar-refractivity contribution in [3.63, 3.8) is 0 Å². The van der Waals surface area contributed by atoms with Gasteiger partial charge in [-0.1, -0.05) is 0 Å². The van der Waals surface area contributed by atoms with Crippen LogP contribution >= 0.6 is 0 Å². The van der Waals surface area contributed by atoms with E-state index in [-0.39, 0.29) is 6.04 Å². The Balaban J connectivity index is 1.76. The molecule has 0 amide bonds. The van der Waals surface area contributed by atoms with E-state index in [4.69, 9.17) is 0 Å². The quantitative estimate of drug-likeness (QED) is 0.746. The van der Waals surface area contributed by atoms with Gasteiger partial charge in [0, 0.05) is 25.2 Å². The first-order valence-corrected chi connectivity index (χ1v) is 6.52. The summed E-state index contributed by atoms with van der Waals surface area (Å²) in [7, 11) is 1.91. The van der Waals surface area contributed by atoms with Crippen LogP contribution in [0.5, 0.6) is 0 Å². The zero-order valence-corrected chi connectivity index (χ0v) is 11.8. The molecule has 7 nitrogen and oxygen atoms in total. The molecular formula is C13H17N7. The number of hydrogen-bond acceptors (Lipinski definition) is 5. The van der Waals surface area contributed by atoms with Crippen LogP contribution < -0.4 is 5.32 Å². The molecule has 3 aromatic rings. The Labute approximate surface area is 116 Å². The minimum Gasteiger partial charge on any atom is -0.303 e. The molecule has 0 aliphatic carbocycles. The van der Waals surface area contributed by atoms with Gasteiger partial charge in [-0.05, 0) is 25.5 Å². The molecule has 3 rings (SSSR count). The van der Waals surface area contributed by atoms with Gasteiger partial charge in [0.1, 0.15) is 12.2 Å².